The first kappa shape index (κ1) is 16.2. The molecule has 0 atom stereocenters. The van der Waals surface area contributed by atoms with Crippen molar-refractivity contribution in [3.63, 3.8) is 0 Å². The minimum atomic E-state index is -4.10. The lowest BCUT2D eigenvalue weighted by molar-refractivity contribution is 0.569. The highest BCUT2D eigenvalue weighted by atomic mass is 79.9. The van der Waals surface area contributed by atoms with E-state index in [1.807, 2.05) is 0 Å². The number of nitrogens with two attached hydrogens (primary N) is 1. The normalized spacial score (nSPS) is 11.4. The van der Waals surface area contributed by atoms with E-state index in [0.717, 1.165) is 6.07 Å². The topological polar surface area (TPSA) is 72.2 Å². The molecular formula is C13H11BrClFN2O2S. The maximum absolute atomic E-state index is 13.8. The third kappa shape index (κ3) is 3.74. The summed E-state index contributed by atoms with van der Waals surface area (Å²) in [5.41, 5.74) is 6.11. The van der Waals surface area contributed by atoms with Gasteiger partial charge in [-0.15, -0.1) is 0 Å². The van der Waals surface area contributed by atoms with Gasteiger partial charge in [0.15, 0.2) is 0 Å². The SMILES string of the molecule is NCc1ccc(F)c(S(=O)(=O)Nc2cc(Br)ccc2Cl)c1. The minimum Gasteiger partial charge on any atom is -0.326 e. The molecule has 0 unspecified atom stereocenters. The fourth-order valence-corrected chi connectivity index (χ4v) is 3.44. The van der Waals surface area contributed by atoms with Crippen LogP contribution in [0, 0.1) is 5.82 Å². The van der Waals surface area contributed by atoms with Gasteiger partial charge in [0, 0.05) is 11.0 Å². The lowest BCUT2D eigenvalue weighted by Gasteiger charge is -2.11. The zero-order valence-electron chi connectivity index (χ0n) is 10.6. The number of hydrogen-bond acceptors (Lipinski definition) is 3. The number of sulfonamides is 1. The predicted molar refractivity (Wildman–Crippen MR) is 84.3 cm³/mol. The van der Waals surface area contributed by atoms with Crippen molar-refractivity contribution in [1.29, 1.82) is 0 Å². The lowest BCUT2D eigenvalue weighted by atomic mass is 10.2. The maximum Gasteiger partial charge on any atom is 0.264 e. The van der Waals surface area contributed by atoms with E-state index in [4.69, 9.17) is 17.3 Å². The van der Waals surface area contributed by atoms with Crippen LogP contribution in [0.5, 0.6) is 0 Å². The van der Waals surface area contributed by atoms with E-state index in [9.17, 15) is 12.8 Å². The largest absolute Gasteiger partial charge is 0.326 e. The molecule has 0 radical (unpaired) electrons. The number of hydrogen-bond donors (Lipinski definition) is 2. The summed E-state index contributed by atoms with van der Waals surface area (Å²) in [6.45, 7) is 0.112. The maximum atomic E-state index is 13.8. The summed E-state index contributed by atoms with van der Waals surface area (Å²) >= 11 is 9.14. The molecule has 0 heterocycles. The molecule has 3 N–H and O–H groups in total. The molecule has 0 aliphatic heterocycles. The molecule has 0 spiro atoms. The molecule has 8 heteroatoms. The Bertz CT molecular complexity index is 784. The van der Waals surface area contributed by atoms with Gasteiger partial charge in [-0.2, -0.15) is 0 Å². The van der Waals surface area contributed by atoms with Crippen LogP contribution in [0.4, 0.5) is 10.1 Å². The number of rotatable bonds is 4. The van der Waals surface area contributed by atoms with Gasteiger partial charge in [-0.1, -0.05) is 33.6 Å². The summed E-state index contributed by atoms with van der Waals surface area (Å²) in [6.07, 6.45) is 0. The van der Waals surface area contributed by atoms with E-state index in [-0.39, 0.29) is 17.3 Å². The highest BCUT2D eigenvalue weighted by Gasteiger charge is 2.20. The van der Waals surface area contributed by atoms with Gasteiger partial charge in [0.05, 0.1) is 10.7 Å². The number of benzene rings is 2. The average molecular weight is 394 g/mol. The van der Waals surface area contributed by atoms with Crippen molar-refractivity contribution in [3.8, 4) is 0 Å². The van der Waals surface area contributed by atoms with E-state index in [2.05, 4.69) is 20.7 Å². The van der Waals surface area contributed by atoms with Gasteiger partial charge < -0.3 is 5.73 Å². The highest BCUT2D eigenvalue weighted by Crippen LogP contribution is 2.28. The van der Waals surface area contributed by atoms with Gasteiger partial charge in [-0.25, -0.2) is 12.8 Å². The van der Waals surface area contributed by atoms with Gasteiger partial charge in [-0.3, -0.25) is 4.72 Å². The Labute approximate surface area is 135 Å². The molecule has 0 aromatic heterocycles. The summed E-state index contributed by atoms with van der Waals surface area (Å²) in [4.78, 5) is -0.471. The van der Waals surface area contributed by atoms with Crippen molar-refractivity contribution in [2.45, 2.75) is 11.4 Å². The Morgan fingerprint density at radius 1 is 1.24 bits per heavy atom. The van der Waals surface area contributed by atoms with Crippen LogP contribution in [-0.2, 0) is 16.6 Å². The van der Waals surface area contributed by atoms with E-state index in [1.54, 1.807) is 6.07 Å². The second-order valence-electron chi connectivity index (χ2n) is 4.20. The van der Waals surface area contributed by atoms with Crippen LogP contribution in [0.15, 0.2) is 45.8 Å². The van der Waals surface area contributed by atoms with Gasteiger partial charge in [0.25, 0.3) is 10.0 Å². The molecule has 0 aliphatic carbocycles. The molecule has 21 heavy (non-hydrogen) atoms. The molecule has 0 saturated heterocycles. The molecule has 0 fully saturated rings. The van der Waals surface area contributed by atoms with Gasteiger partial charge >= 0.3 is 0 Å². The first-order valence-electron chi connectivity index (χ1n) is 5.80. The Morgan fingerprint density at radius 2 is 1.95 bits per heavy atom. The van der Waals surface area contributed by atoms with Gasteiger partial charge in [0.1, 0.15) is 10.7 Å². The second-order valence-corrected chi connectivity index (χ2v) is 7.17. The zero-order chi connectivity index (χ0) is 15.6. The number of halogens is 3. The van der Waals surface area contributed by atoms with Crippen LogP contribution < -0.4 is 10.5 Å². The number of nitrogens with one attached hydrogen (secondary N) is 1. The van der Waals surface area contributed by atoms with Gasteiger partial charge in [0.2, 0.25) is 0 Å². The van der Waals surface area contributed by atoms with Crippen LogP contribution in [0.1, 0.15) is 5.56 Å². The second kappa shape index (κ2) is 6.31. The fourth-order valence-electron chi connectivity index (χ4n) is 1.66. The van der Waals surface area contributed by atoms with E-state index in [0.29, 0.717) is 10.0 Å². The molecule has 0 saturated carbocycles. The Hall–Kier alpha value is -1.15. The zero-order valence-corrected chi connectivity index (χ0v) is 13.8. The molecule has 112 valence electrons. The van der Waals surface area contributed by atoms with Crippen molar-refractivity contribution < 1.29 is 12.8 Å². The van der Waals surface area contributed by atoms with Crippen LogP contribution in [0.2, 0.25) is 5.02 Å². The Morgan fingerprint density at radius 3 is 2.62 bits per heavy atom. The molecule has 2 aromatic rings. The first-order valence-corrected chi connectivity index (χ1v) is 8.45. The summed E-state index contributed by atoms with van der Waals surface area (Å²) < 4.78 is 41.3. The van der Waals surface area contributed by atoms with Crippen LogP contribution in [0.3, 0.4) is 0 Å². The van der Waals surface area contributed by atoms with Gasteiger partial charge in [-0.05, 0) is 35.9 Å². The summed E-state index contributed by atoms with van der Waals surface area (Å²) in [6, 6.07) is 8.37. The summed E-state index contributed by atoms with van der Waals surface area (Å²) in [5.74, 6) is -0.856. The van der Waals surface area contributed by atoms with E-state index in [1.165, 1.54) is 24.3 Å². The van der Waals surface area contributed by atoms with Crippen molar-refractivity contribution in [2.24, 2.45) is 5.73 Å². The standard InChI is InChI=1S/C13H11BrClFN2O2S/c14-9-2-3-10(15)12(6-9)18-21(19,20)13-5-8(7-17)1-4-11(13)16/h1-6,18H,7,17H2. The first-order chi connectivity index (χ1) is 9.83. The summed E-state index contributed by atoms with van der Waals surface area (Å²) in [5, 5.41) is 0.206. The van der Waals surface area contributed by atoms with Crippen molar-refractivity contribution in [3.05, 3.63) is 57.3 Å². The lowest BCUT2D eigenvalue weighted by Crippen LogP contribution is -2.15. The van der Waals surface area contributed by atoms with E-state index < -0.39 is 20.7 Å². The molecule has 2 rings (SSSR count). The highest BCUT2D eigenvalue weighted by molar-refractivity contribution is 9.10. The van der Waals surface area contributed by atoms with Crippen LogP contribution >= 0.6 is 27.5 Å². The number of anilines is 1. The molecule has 4 nitrogen and oxygen atoms in total. The van der Waals surface area contributed by atoms with Crippen LogP contribution in [-0.4, -0.2) is 8.42 Å². The van der Waals surface area contributed by atoms with Crippen molar-refractivity contribution in [1.82, 2.24) is 0 Å². The molecule has 2 aromatic carbocycles. The monoisotopic (exact) mass is 392 g/mol. The molecule has 0 bridgehead atoms. The molecule has 0 aliphatic rings. The third-order valence-electron chi connectivity index (χ3n) is 2.69. The van der Waals surface area contributed by atoms with E-state index >= 15 is 0 Å². The van der Waals surface area contributed by atoms with Crippen molar-refractivity contribution in [2.75, 3.05) is 4.72 Å². The van der Waals surface area contributed by atoms with Crippen LogP contribution in [0.25, 0.3) is 0 Å². The molecular weight excluding hydrogens is 383 g/mol. The Balaban J connectivity index is 2.45. The summed E-state index contributed by atoms with van der Waals surface area (Å²) in [7, 11) is -4.10. The minimum absolute atomic E-state index is 0.112. The smallest absolute Gasteiger partial charge is 0.264 e. The third-order valence-corrected chi connectivity index (χ3v) is 4.90. The van der Waals surface area contributed by atoms with Crippen molar-refractivity contribution >= 4 is 43.2 Å². The fraction of sp³-hybridized carbons (Fsp3) is 0.0769. The average Bonchev–Trinajstić information content (AvgIpc) is 2.43. The Kier molecular flexibility index (Phi) is 4.88. The quantitative estimate of drug-likeness (QED) is 0.835. The predicted octanol–water partition coefficient (Wildman–Crippen LogP) is 3.50. The molecule has 0 amide bonds.